The van der Waals surface area contributed by atoms with Gasteiger partial charge >= 0.3 is 5.97 Å². The van der Waals surface area contributed by atoms with Crippen molar-refractivity contribution < 1.29 is 28.5 Å². The average molecular weight is 517 g/mol. The maximum Gasteiger partial charge on any atom is 0.302 e. The van der Waals surface area contributed by atoms with Gasteiger partial charge in [0.05, 0.1) is 37.6 Å². The minimum atomic E-state index is -0.317. The third kappa shape index (κ3) is 8.13. The zero-order valence-corrected chi connectivity index (χ0v) is 23.6. The molecule has 10 atom stereocenters. The first-order chi connectivity index (χ1) is 17.7. The Balaban J connectivity index is 1.70. The van der Waals surface area contributed by atoms with Gasteiger partial charge in [0.2, 0.25) is 0 Å². The Hall–Kier alpha value is -1.73. The van der Waals surface area contributed by atoms with Crippen LogP contribution in [0.15, 0.2) is 43.0 Å². The molecule has 0 spiro atoms. The van der Waals surface area contributed by atoms with Gasteiger partial charge in [-0.2, -0.15) is 0 Å². The van der Waals surface area contributed by atoms with Gasteiger partial charge in [-0.1, -0.05) is 64.1 Å². The Morgan fingerprint density at radius 3 is 2.35 bits per heavy atom. The SMILES string of the molecule is C=CCCCO[C@@H]1OC(COC(C)=O)[C@@H](C[C@@H]2OC(C)[C@@H](C)[C@@H](OCc3ccccc3)C2C)[C@H](C)C1C. The van der Waals surface area contributed by atoms with Crippen LogP contribution in [0.5, 0.6) is 0 Å². The number of rotatable bonds is 12. The Kier molecular flexibility index (Phi) is 11.6. The van der Waals surface area contributed by atoms with E-state index in [1.54, 1.807) is 0 Å². The fourth-order valence-electron chi connectivity index (χ4n) is 5.81. The van der Waals surface area contributed by atoms with E-state index in [2.05, 4.69) is 53.3 Å². The summed E-state index contributed by atoms with van der Waals surface area (Å²) < 4.78 is 31.1. The molecule has 0 aliphatic carbocycles. The maximum absolute atomic E-state index is 11.7. The number of benzene rings is 1. The van der Waals surface area contributed by atoms with Crippen molar-refractivity contribution in [3.05, 3.63) is 48.6 Å². The largest absolute Gasteiger partial charge is 0.463 e. The van der Waals surface area contributed by atoms with Gasteiger partial charge in [0.25, 0.3) is 0 Å². The van der Waals surface area contributed by atoms with Gasteiger partial charge in [0, 0.05) is 24.7 Å². The van der Waals surface area contributed by atoms with Crippen molar-refractivity contribution >= 4 is 5.97 Å². The number of ether oxygens (including phenoxy) is 5. The van der Waals surface area contributed by atoms with Crippen LogP contribution in [-0.2, 0) is 35.1 Å². The number of carbonyl (C=O) groups excluding carboxylic acids is 1. The van der Waals surface area contributed by atoms with Gasteiger partial charge in [0.1, 0.15) is 6.61 Å². The standard InChI is InChI=1S/C31H48O6/c1-8-9-13-16-33-31-21(3)20(2)27(29(37-31)19-34-25(7)32)17-28-23(5)30(22(4)24(6)36-28)35-18-26-14-11-10-12-15-26/h8,10-12,14-15,20-24,27-31H,1,9,13,16-19H2,2-7H3/t20-,21?,22-,23?,24?,27+,28+,29?,30-,31-/m1/s1. The first-order valence-corrected chi connectivity index (χ1v) is 14.0. The van der Waals surface area contributed by atoms with Crippen LogP contribution in [0.2, 0.25) is 0 Å². The molecule has 2 saturated heterocycles. The number of hydrogen-bond acceptors (Lipinski definition) is 6. The quantitative estimate of drug-likeness (QED) is 0.188. The predicted octanol–water partition coefficient (Wildman–Crippen LogP) is 6.18. The molecule has 0 amide bonds. The third-order valence-corrected chi connectivity index (χ3v) is 8.55. The molecular formula is C31H48O6. The highest BCUT2D eigenvalue weighted by Gasteiger charge is 2.47. The van der Waals surface area contributed by atoms with Crippen molar-refractivity contribution in [2.24, 2.45) is 29.6 Å². The zero-order chi connectivity index (χ0) is 26.9. The smallest absolute Gasteiger partial charge is 0.302 e. The molecule has 0 saturated carbocycles. The molecule has 0 radical (unpaired) electrons. The summed E-state index contributed by atoms with van der Waals surface area (Å²) in [5, 5.41) is 0. The van der Waals surface area contributed by atoms with Gasteiger partial charge in [-0.15, -0.1) is 6.58 Å². The lowest BCUT2D eigenvalue weighted by molar-refractivity contribution is -0.266. The van der Waals surface area contributed by atoms with E-state index in [0.717, 1.165) is 19.3 Å². The van der Waals surface area contributed by atoms with Crippen molar-refractivity contribution in [3.63, 3.8) is 0 Å². The number of allylic oxidation sites excluding steroid dienone is 1. The maximum atomic E-state index is 11.7. The molecule has 3 rings (SSSR count). The lowest BCUT2D eigenvalue weighted by atomic mass is 9.72. The highest BCUT2D eigenvalue weighted by molar-refractivity contribution is 5.65. The van der Waals surface area contributed by atoms with Crippen LogP contribution in [-0.4, -0.2) is 49.9 Å². The van der Waals surface area contributed by atoms with E-state index in [1.165, 1.54) is 12.5 Å². The van der Waals surface area contributed by atoms with Crippen LogP contribution in [0.4, 0.5) is 0 Å². The molecule has 208 valence electrons. The van der Waals surface area contributed by atoms with Crippen molar-refractivity contribution in [1.82, 2.24) is 0 Å². The Labute approximate surface area is 224 Å². The molecule has 1 aromatic carbocycles. The van der Waals surface area contributed by atoms with Gasteiger partial charge in [-0.25, -0.2) is 0 Å². The zero-order valence-electron chi connectivity index (χ0n) is 23.6. The summed E-state index contributed by atoms with van der Waals surface area (Å²) in [7, 11) is 0. The van der Waals surface area contributed by atoms with Crippen LogP contribution < -0.4 is 0 Å². The topological polar surface area (TPSA) is 63.2 Å². The monoisotopic (exact) mass is 516 g/mol. The Bertz CT molecular complexity index is 828. The summed E-state index contributed by atoms with van der Waals surface area (Å²) in [5.74, 6) is 0.913. The van der Waals surface area contributed by atoms with Crippen molar-refractivity contribution in [2.75, 3.05) is 13.2 Å². The van der Waals surface area contributed by atoms with E-state index in [9.17, 15) is 4.79 Å². The lowest BCUT2D eigenvalue weighted by Crippen LogP contribution is -2.53. The van der Waals surface area contributed by atoms with Crippen LogP contribution in [0, 0.1) is 29.6 Å². The molecule has 6 heteroatoms. The fourth-order valence-corrected chi connectivity index (χ4v) is 5.81. The van der Waals surface area contributed by atoms with Gasteiger partial charge in [0.15, 0.2) is 6.29 Å². The third-order valence-electron chi connectivity index (χ3n) is 8.55. The molecule has 6 nitrogen and oxygen atoms in total. The Morgan fingerprint density at radius 1 is 0.946 bits per heavy atom. The minimum Gasteiger partial charge on any atom is -0.463 e. The molecule has 2 heterocycles. The second-order valence-corrected chi connectivity index (χ2v) is 11.1. The summed E-state index contributed by atoms with van der Waals surface area (Å²) in [6, 6.07) is 10.3. The lowest BCUT2D eigenvalue weighted by Gasteiger charge is -2.49. The van der Waals surface area contributed by atoms with Crippen molar-refractivity contribution in [1.29, 1.82) is 0 Å². The molecule has 37 heavy (non-hydrogen) atoms. The van der Waals surface area contributed by atoms with Crippen molar-refractivity contribution in [2.45, 2.75) is 98.1 Å². The summed E-state index contributed by atoms with van der Waals surface area (Å²) in [6.07, 6.45) is 4.21. The molecule has 4 unspecified atom stereocenters. The predicted molar refractivity (Wildman–Crippen MR) is 145 cm³/mol. The number of carbonyl (C=O) groups is 1. The van der Waals surface area contributed by atoms with Crippen molar-refractivity contribution in [3.8, 4) is 0 Å². The van der Waals surface area contributed by atoms with Crippen LogP contribution in [0.1, 0.15) is 66.4 Å². The summed E-state index contributed by atoms with van der Waals surface area (Å²) in [5.41, 5.74) is 1.18. The average Bonchev–Trinajstić information content (AvgIpc) is 2.88. The first-order valence-electron chi connectivity index (χ1n) is 14.0. The first kappa shape index (κ1) is 29.8. The van der Waals surface area contributed by atoms with Gasteiger partial charge < -0.3 is 23.7 Å². The van der Waals surface area contributed by atoms with E-state index in [-0.39, 0.29) is 61.0 Å². The molecule has 2 aliphatic rings. The van der Waals surface area contributed by atoms with E-state index in [0.29, 0.717) is 25.0 Å². The van der Waals surface area contributed by atoms with Gasteiger partial charge in [-0.05, 0) is 43.6 Å². The van der Waals surface area contributed by atoms with Crippen LogP contribution in [0.3, 0.4) is 0 Å². The number of unbranched alkanes of at least 4 members (excludes halogenated alkanes) is 1. The fraction of sp³-hybridized carbons (Fsp3) is 0.710. The molecule has 2 aliphatic heterocycles. The van der Waals surface area contributed by atoms with Crippen LogP contribution >= 0.6 is 0 Å². The molecule has 1 aromatic rings. The molecular weight excluding hydrogens is 468 g/mol. The second kappa shape index (κ2) is 14.4. The van der Waals surface area contributed by atoms with E-state index in [4.69, 9.17) is 23.7 Å². The molecule has 0 bridgehead atoms. The number of esters is 1. The summed E-state index contributed by atoms with van der Waals surface area (Å²) in [6.45, 7) is 17.7. The highest BCUT2D eigenvalue weighted by atomic mass is 16.7. The second-order valence-electron chi connectivity index (χ2n) is 11.1. The van der Waals surface area contributed by atoms with E-state index >= 15 is 0 Å². The summed E-state index contributed by atoms with van der Waals surface area (Å²) >= 11 is 0. The minimum absolute atomic E-state index is 0.0279. The van der Waals surface area contributed by atoms with Gasteiger partial charge in [-0.3, -0.25) is 4.79 Å². The highest BCUT2D eigenvalue weighted by Crippen LogP contribution is 2.42. The summed E-state index contributed by atoms with van der Waals surface area (Å²) in [4.78, 5) is 11.7. The molecule has 0 N–H and O–H groups in total. The normalized spacial score (nSPS) is 36.2. The molecule has 0 aromatic heterocycles. The molecule has 2 fully saturated rings. The number of hydrogen-bond donors (Lipinski definition) is 0. The van der Waals surface area contributed by atoms with E-state index < -0.39 is 0 Å². The van der Waals surface area contributed by atoms with Crippen LogP contribution in [0.25, 0.3) is 0 Å². The Morgan fingerprint density at radius 2 is 1.68 bits per heavy atom. The van der Waals surface area contributed by atoms with E-state index in [1.807, 2.05) is 24.3 Å².